The lowest BCUT2D eigenvalue weighted by Gasteiger charge is -2.24. The van der Waals surface area contributed by atoms with Gasteiger partial charge in [-0.25, -0.2) is 9.97 Å². The summed E-state index contributed by atoms with van der Waals surface area (Å²) >= 11 is 0. The second kappa shape index (κ2) is 4.48. The van der Waals surface area contributed by atoms with Gasteiger partial charge in [0.05, 0.1) is 11.9 Å². The van der Waals surface area contributed by atoms with E-state index in [1.165, 1.54) is 0 Å². The molecule has 2 rings (SSSR count). The van der Waals surface area contributed by atoms with Crippen LogP contribution in [0.3, 0.4) is 0 Å². The van der Waals surface area contributed by atoms with E-state index < -0.39 is 5.92 Å². The molecule has 96 valence electrons. The predicted molar refractivity (Wildman–Crippen MR) is 67.4 cm³/mol. The van der Waals surface area contributed by atoms with Gasteiger partial charge in [0.1, 0.15) is 11.6 Å². The quantitative estimate of drug-likeness (QED) is 0.811. The first-order valence-corrected chi connectivity index (χ1v) is 6.13. The first kappa shape index (κ1) is 12.7. The molecule has 0 fully saturated rings. The van der Waals surface area contributed by atoms with Gasteiger partial charge in [0, 0.05) is 0 Å². The van der Waals surface area contributed by atoms with Crippen LogP contribution in [0.25, 0.3) is 0 Å². The Balaban J connectivity index is 2.48. The minimum absolute atomic E-state index is 0.0462. The molecule has 0 aromatic carbocycles. The molecule has 1 aromatic heterocycles. The average Bonchev–Trinajstić information content (AvgIpc) is 2.27. The van der Waals surface area contributed by atoms with Gasteiger partial charge in [-0.05, 0) is 11.8 Å². The summed E-state index contributed by atoms with van der Waals surface area (Å²) in [5.41, 5.74) is 1.06. The van der Waals surface area contributed by atoms with Crippen LogP contribution in [-0.4, -0.2) is 21.7 Å². The summed E-state index contributed by atoms with van der Waals surface area (Å²) in [6, 6.07) is 0. The number of Topliss-reactive ketones (excluding diaryl/α,β-unsaturated/α-hetero) is 1. The Bertz CT molecular complexity index is 509. The van der Waals surface area contributed by atoms with Crippen LogP contribution in [0.15, 0.2) is 6.20 Å². The van der Waals surface area contributed by atoms with Crippen LogP contribution in [0.1, 0.15) is 49.8 Å². The van der Waals surface area contributed by atoms with Gasteiger partial charge >= 0.3 is 0 Å². The number of nitrogens with zero attached hydrogens (tertiary/aromatic N) is 2. The van der Waals surface area contributed by atoms with E-state index in [9.17, 15) is 9.59 Å². The van der Waals surface area contributed by atoms with Gasteiger partial charge in [-0.15, -0.1) is 0 Å². The minimum Gasteiger partial charge on any atom is -0.308 e. The second-order valence-electron chi connectivity index (χ2n) is 5.22. The average molecular weight is 247 g/mol. The molecule has 0 saturated heterocycles. The largest absolute Gasteiger partial charge is 0.308 e. The Morgan fingerprint density at radius 1 is 1.22 bits per heavy atom. The molecule has 2 heterocycles. The number of nitrogens with one attached hydrogen (secondary N) is 1. The monoisotopic (exact) mass is 247 g/mol. The van der Waals surface area contributed by atoms with Crippen molar-refractivity contribution in [3.63, 3.8) is 0 Å². The Hall–Kier alpha value is -1.78. The summed E-state index contributed by atoms with van der Waals surface area (Å²) in [6.45, 7) is 7.68. The van der Waals surface area contributed by atoms with Crippen molar-refractivity contribution in [2.45, 2.75) is 33.6 Å². The molecule has 5 heteroatoms. The SMILES string of the molecule is CC(C)c1cnc2c(n1)C(=O)C(C(C)C)C(=O)N2. The van der Waals surface area contributed by atoms with Gasteiger partial charge in [-0.3, -0.25) is 9.59 Å². The van der Waals surface area contributed by atoms with Crippen LogP contribution >= 0.6 is 0 Å². The van der Waals surface area contributed by atoms with Crippen LogP contribution in [0.5, 0.6) is 0 Å². The third kappa shape index (κ3) is 2.00. The normalized spacial score (nSPS) is 19.1. The fourth-order valence-corrected chi connectivity index (χ4v) is 2.01. The van der Waals surface area contributed by atoms with Crippen molar-refractivity contribution in [3.8, 4) is 0 Å². The molecule has 1 N–H and O–H groups in total. The zero-order valence-corrected chi connectivity index (χ0v) is 11.0. The van der Waals surface area contributed by atoms with Gasteiger partial charge in [0.2, 0.25) is 5.91 Å². The van der Waals surface area contributed by atoms with Gasteiger partial charge in [0.15, 0.2) is 11.6 Å². The van der Waals surface area contributed by atoms with E-state index in [0.717, 1.165) is 5.69 Å². The van der Waals surface area contributed by atoms with Gasteiger partial charge in [-0.2, -0.15) is 0 Å². The first-order chi connectivity index (χ1) is 8.41. The van der Waals surface area contributed by atoms with E-state index >= 15 is 0 Å². The van der Waals surface area contributed by atoms with Crippen molar-refractivity contribution >= 4 is 17.5 Å². The number of fused-ring (bicyclic) bond motifs is 1. The molecule has 18 heavy (non-hydrogen) atoms. The summed E-state index contributed by atoms with van der Waals surface area (Å²) < 4.78 is 0. The third-order valence-electron chi connectivity index (χ3n) is 3.09. The molecule has 1 unspecified atom stereocenters. The maximum absolute atomic E-state index is 12.3. The van der Waals surface area contributed by atoms with Crippen LogP contribution < -0.4 is 5.32 Å². The maximum atomic E-state index is 12.3. The van der Waals surface area contributed by atoms with E-state index in [0.29, 0.717) is 5.69 Å². The van der Waals surface area contributed by atoms with Crippen molar-refractivity contribution in [1.82, 2.24) is 9.97 Å². The van der Waals surface area contributed by atoms with Crippen LogP contribution in [0.4, 0.5) is 5.82 Å². The predicted octanol–water partition coefficient (Wildman–Crippen LogP) is 2.01. The molecule has 1 aromatic rings. The standard InChI is InChI=1S/C13H17N3O2/c1-6(2)8-5-14-12-10(15-8)11(17)9(7(3)4)13(18)16-12/h5-7,9H,1-4H3,(H,14,16,18). The second-order valence-corrected chi connectivity index (χ2v) is 5.22. The molecule has 0 radical (unpaired) electrons. The lowest BCUT2D eigenvalue weighted by atomic mass is 9.86. The van der Waals surface area contributed by atoms with Crippen LogP contribution in [0, 0.1) is 11.8 Å². The summed E-state index contributed by atoms with van der Waals surface area (Å²) in [4.78, 5) is 32.6. The molecule has 1 aliphatic rings. The number of carbonyl (C=O) groups excluding carboxylic acids is 2. The molecule has 0 aliphatic carbocycles. The molecule has 1 amide bonds. The highest BCUT2D eigenvalue weighted by molar-refractivity contribution is 6.19. The van der Waals surface area contributed by atoms with E-state index in [4.69, 9.17) is 0 Å². The summed E-state index contributed by atoms with van der Waals surface area (Å²) in [5.74, 6) is -0.728. The fourth-order valence-electron chi connectivity index (χ4n) is 2.01. The Labute approximate surface area is 106 Å². The van der Waals surface area contributed by atoms with Crippen LogP contribution in [0.2, 0.25) is 0 Å². The smallest absolute Gasteiger partial charge is 0.236 e. The zero-order chi connectivity index (χ0) is 13.4. The van der Waals surface area contributed by atoms with Crippen molar-refractivity contribution in [3.05, 3.63) is 17.6 Å². The number of hydrogen-bond donors (Lipinski definition) is 1. The number of aromatic nitrogens is 2. The van der Waals surface area contributed by atoms with Crippen molar-refractivity contribution < 1.29 is 9.59 Å². The van der Waals surface area contributed by atoms with E-state index in [1.54, 1.807) is 6.20 Å². The molecule has 5 nitrogen and oxygen atoms in total. The number of carbonyl (C=O) groups is 2. The number of rotatable bonds is 2. The fraction of sp³-hybridized carbons (Fsp3) is 0.538. The van der Waals surface area contributed by atoms with Crippen molar-refractivity contribution in [2.24, 2.45) is 11.8 Å². The van der Waals surface area contributed by atoms with Crippen molar-refractivity contribution in [1.29, 1.82) is 0 Å². The zero-order valence-electron chi connectivity index (χ0n) is 11.0. The third-order valence-corrected chi connectivity index (χ3v) is 3.09. The number of ketones is 1. The van der Waals surface area contributed by atoms with Crippen LogP contribution in [-0.2, 0) is 4.79 Å². The van der Waals surface area contributed by atoms with E-state index in [2.05, 4.69) is 15.3 Å². The Morgan fingerprint density at radius 3 is 2.44 bits per heavy atom. The maximum Gasteiger partial charge on any atom is 0.236 e. The number of amides is 1. The van der Waals surface area contributed by atoms with Gasteiger partial charge < -0.3 is 5.32 Å². The number of anilines is 1. The number of hydrogen-bond acceptors (Lipinski definition) is 4. The first-order valence-electron chi connectivity index (χ1n) is 6.13. The van der Waals surface area contributed by atoms with E-state index in [1.807, 2.05) is 27.7 Å². The molecular weight excluding hydrogens is 230 g/mol. The Kier molecular flexibility index (Phi) is 3.15. The Morgan fingerprint density at radius 2 is 1.89 bits per heavy atom. The van der Waals surface area contributed by atoms with Gasteiger partial charge in [-0.1, -0.05) is 27.7 Å². The van der Waals surface area contributed by atoms with E-state index in [-0.39, 0.29) is 29.3 Å². The molecule has 0 spiro atoms. The molecule has 1 atom stereocenters. The van der Waals surface area contributed by atoms with Gasteiger partial charge in [0.25, 0.3) is 0 Å². The molecule has 0 saturated carbocycles. The minimum atomic E-state index is -0.658. The highest BCUT2D eigenvalue weighted by Crippen LogP contribution is 2.27. The lowest BCUT2D eigenvalue weighted by molar-refractivity contribution is -0.119. The molecule has 1 aliphatic heterocycles. The lowest BCUT2D eigenvalue weighted by Crippen LogP contribution is -2.39. The van der Waals surface area contributed by atoms with Crippen molar-refractivity contribution in [2.75, 3.05) is 5.32 Å². The topological polar surface area (TPSA) is 72.0 Å². The molecule has 0 bridgehead atoms. The summed E-state index contributed by atoms with van der Waals surface area (Å²) in [6.07, 6.45) is 1.60. The highest BCUT2D eigenvalue weighted by Gasteiger charge is 2.38. The molecular formula is C13H17N3O2. The summed E-state index contributed by atoms with van der Waals surface area (Å²) in [5, 5.41) is 2.65. The highest BCUT2D eigenvalue weighted by atomic mass is 16.2. The summed E-state index contributed by atoms with van der Waals surface area (Å²) in [7, 11) is 0.